The van der Waals surface area contributed by atoms with Gasteiger partial charge in [0, 0.05) is 20.1 Å². The topological polar surface area (TPSA) is 49.9 Å². The lowest BCUT2D eigenvalue weighted by Crippen LogP contribution is -2.34. The molecule has 24 heavy (non-hydrogen) atoms. The molecule has 0 bridgehead atoms. The lowest BCUT2D eigenvalue weighted by Gasteiger charge is -2.23. The monoisotopic (exact) mass is 326 g/mol. The molecule has 0 unspecified atom stereocenters. The first kappa shape index (κ1) is 17.5. The van der Waals surface area contributed by atoms with Crippen LogP contribution in [-0.2, 0) is 0 Å². The fourth-order valence-corrected chi connectivity index (χ4v) is 2.38. The van der Waals surface area contributed by atoms with E-state index < -0.39 is 6.09 Å². The second-order valence-electron chi connectivity index (χ2n) is 5.23. The highest BCUT2D eigenvalue weighted by Crippen LogP contribution is 2.22. The maximum Gasteiger partial charge on any atom is 0.419 e. The number of carbonyl (C=O) groups is 2. The molecule has 5 nitrogen and oxygen atoms in total. The number of nitrogens with zero attached hydrogens (tertiary/aromatic N) is 2. The molecule has 0 N–H and O–H groups in total. The van der Waals surface area contributed by atoms with Crippen LogP contribution in [0.15, 0.2) is 54.6 Å². The second-order valence-corrected chi connectivity index (χ2v) is 5.23. The van der Waals surface area contributed by atoms with Gasteiger partial charge in [0.05, 0.1) is 11.3 Å². The van der Waals surface area contributed by atoms with E-state index in [9.17, 15) is 9.59 Å². The van der Waals surface area contributed by atoms with Crippen LogP contribution in [0, 0.1) is 0 Å². The third-order valence-electron chi connectivity index (χ3n) is 3.77. The van der Waals surface area contributed by atoms with E-state index in [4.69, 9.17) is 4.74 Å². The van der Waals surface area contributed by atoms with Gasteiger partial charge in [0.2, 0.25) is 0 Å². The molecule has 5 heteroatoms. The number of hydrogen-bond donors (Lipinski definition) is 0. The number of benzene rings is 2. The summed E-state index contributed by atoms with van der Waals surface area (Å²) in [5.74, 6) is 0.358. The van der Waals surface area contributed by atoms with Crippen molar-refractivity contribution in [2.45, 2.75) is 13.8 Å². The van der Waals surface area contributed by atoms with Gasteiger partial charge in [0.1, 0.15) is 5.75 Å². The largest absolute Gasteiger partial charge is 0.419 e. The molecule has 0 saturated carbocycles. The summed E-state index contributed by atoms with van der Waals surface area (Å²) in [7, 11) is 1.60. The van der Waals surface area contributed by atoms with E-state index >= 15 is 0 Å². The third-order valence-corrected chi connectivity index (χ3v) is 3.77. The van der Waals surface area contributed by atoms with Crippen molar-refractivity contribution in [3.05, 3.63) is 60.2 Å². The summed E-state index contributed by atoms with van der Waals surface area (Å²) in [6, 6.07) is 15.9. The van der Waals surface area contributed by atoms with Gasteiger partial charge in [-0.1, -0.05) is 30.3 Å². The van der Waals surface area contributed by atoms with E-state index in [2.05, 4.69) is 0 Å². The Labute approximate surface area is 142 Å². The fraction of sp³-hybridized carbons (Fsp3) is 0.263. The number of hydrogen-bond acceptors (Lipinski definition) is 3. The minimum Gasteiger partial charge on any atom is -0.410 e. The molecule has 0 radical (unpaired) electrons. The van der Waals surface area contributed by atoms with Crippen LogP contribution in [0.2, 0.25) is 0 Å². The zero-order valence-electron chi connectivity index (χ0n) is 14.2. The summed E-state index contributed by atoms with van der Waals surface area (Å²) in [6.07, 6.45) is -0.541. The highest BCUT2D eigenvalue weighted by molar-refractivity contribution is 6.03. The van der Waals surface area contributed by atoms with Crippen molar-refractivity contribution in [1.29, 1.82) is 0 Å². The molecule has 2 aromatic rings. The van der Waals surface area contributed by atoms with Crippen molar-refractivity contribution >= 4 is 17.7 Å². The summed E-state index contributed by atoms with van der Waals surface area (Å²) in [5.41, 5.74) is 1.00. The Bertz CT molecular complexity index is 697. The van der Waals surface area contributed by atoms with E-state index in [0.29, 0.717) is 30.1 Å². The molecule has 0 aliphatic heterocycles. The van der Waals surface area contributed by atoms with Gasteiger partial charge in [-0.25, -0.2) is 4.79 Å². The highest BCUT2D eigenvalue weighted by Gasteiger charge is 2.22. The molecule has 0 saturated heterocycles. The summed E-state index contributed by atoms with van der Waals surface area (Å²) in [6.45, 7) is 5.08. The van der Waals surface area contributed by atoms with Crippen LogP contribution in [0.5, 0.6) is 5.75 Å². The summed E-state index contributed by atoms with van der Waals surface area (Å²) in [4.78, 5) is 28.1. The first-order chi connectivity index (χ1) is 11.6. The molecule has 2 amide bonds. The van der Waals surface area contributed by atoms with Gasteiger partial charge in [-0.2, -0.15) is 0 Å². The smallest absolute Gasteiger partial charge is 0.410 e. The Balaban J connectivity index is 2.25. The molecule has 0 fully saturated rings. The van der Waals surface area contributed by atoms with Crippen LogP contribution in [0.3, 0.4) is 0 Å². The van der Waals surface area contributed by atoms with Crippen LogP contribution in [-0.4, -0.2) is 37.0 Å². The molecule has 0 spiro atoms. The number of ether oxygens (including phenoxy) is 1. The minimum atomic E-state index is -0.541. The third kappa shape index (κ3) is 3.93. The molecule has 0 aromatic heterocycles. The predicted octanol–water partition coefficient (Wildman–Crippen LogP) is 3.80. The van der Waals surface area contributed by atoms with Gasteiger partial charge >= 0.3 is 6.09 Å². The van der Waals surface area contributed by atoms with Crippen molar-refractivity contribution in [2.24, 2.45) is 0 Å². The molecule has 126 valence electrons. The van der Waals surface area contributed by atoms with E-state index in [1.54, 1.807) is 60.5 Å². The maximum atomic E-state index is 12.7. The average Bonchev–Trinajstić information content (AvgIpc) is 2.62. The lowest BCUT2D eigenvalue weighted by molar-refractivity contribution is 0.0773. The van der Waals surface area contributed by atoms with E-state index in [1.165, 1.54) is 4.90 Å². The number of rotatable bonds is 5. The second kappa shape index (κ2) is 8.15. The Morgan fingerprint density at radius 1 is 0.917 bits per heavy atom. The molecule has 0 atom stereocenters. The molecule has 0 aliphatic rings. The number of para-hydroxylation sites is 2. The first-order valence-electron chi connectivity index (χ1n) is 7.97. The van der Waals surface area contributed by atoms with Crippen LogP contribution in [0.25, 0.3) is 0 Å². The summed E-state index contributed by atoms with van der Waals surface area (Å²) in [5, 5.41) is 0. The van der Waals surface area contributed by atoms with Gasteiger partial charge in [-0.05, 0) is 38.1 Å². The van der Waals surface area contributed by atoms with Gasteiger partial charge in [-0.15, -0.1) is 0 Å². The van der Waals surface area contributed by atoms with Gasteiger partial charge < -0.3 is 9.64 Å². The van der Waals surface area contributed by atoms with Crippen molar-refractivity contribution in [3.8, 4) is 5.75 Å². The summed E-state index contributed by atoms with van der Waals surface area (Å²) >= 11 is 0. The molecule has 2 aromatic carbocycles. The Hall–Kier alpha value is -2.82. The maximum absolute atomic E-state index is 12.7. The van der Waals surface area contributed by atoms with Crippen LogP contribution in [0.1, 0.15) is 24.2 Å². The molecule has 2 rings (SSSR count). The quantitative estimate of drug-likeness (QED) is 0.839. The van der Waals surface area contributed by atoms with E-state index in [1.807, 2.05) is 19.9 Å². The van der Waals surface area contributed by atoms with E-state index in [-0.39, 0.29) is 5.91 Å². The van der Waals surface area contributed by atoms with Gasteiger partial charge in [0.25, 0.3) is 5.91 Å². The van der Waals surface area contributed by atoms with Gasteiger partial charge in [-0.3, -0.25) is 9.69 Å². The highest BCUT2D eigenvalue weighted by atomic mass is 16.6. The predicted molar refractivity (Wildman–Crippen MR) is 94.6 cm³/mol. The normalized spacial score (nSPS) is 10.1. The van der Waals surface area contributed by atoms with Crippen molar-refractivity contribution in [2.75, 3.05) is 25.0 Å². The first-order valence-corrected chi connectivity index (χ1v) is 7.97. The molecule has 0 aliphatic carbocycles. The molecular weight excluding hydrogens is 304 g/mol. The SMILES string of the molecule is CCN(CC)C(=O)c1ccccc1N(C)C(=O)Oc1ccccc1. The van der Waals surface area contributed by atoms with Crippen LogP contribution < -0.4 is 9.64 Å². The lowest BCUT2D eigenvalue weighted by atomic mass is 10.1. The number of anilines is 1. The standard InChI is InChI=1S/C19H22N2O3/c1-4-21(5-2)18(22)16-13-9-10-14-17(16)20(3)19(23)24-15-11-7-6-8-12-15/h6-14H,4-5H2,1-3H3. The van der Waals surface area contributed by atoms with Crippen LogP contribution >= 0.6 is 0 Å². The van der Waals surface area contributed by atoms with E-state index in [0.717, 1.165) is 0 Å². The average molecular weight is 326 g/mol. The zero-order chi connectivity index (χ0) is 17.5. The van der Waals surface area contributed by atoms with Gasteiger partial charge in [0.15, 0.2) is 0 Å². The van der Waals surface area contributed by atoms with Crippen molar-refractivity contribution < 1.29 is 14.3 Å². The number of carbonyl (C=O) groups excluding carboxylic acids is 2. The Kier molecular flexibility index (Phi) is 5.95. The van der Waals surface area contributed by atoms with Crippen molar-refractivity contribution in [1.82, 2.24) is 4.90 Å². The Morgan fingerprint density at radius 3 is 2.12 bits per heavy atom. The Morgan fingerprint density at radius 2 is 1.50 bits per heavy atom. The van der Waals surface area contributed by atoms with Crippen LogP contribution in [0.4, 0.5) is 10.5 Å². The minimum absolute atomic E-state index is 0.102. The van der Waals surface area contributed by atoms with Crippen molar-refractivity contribution in [3.63, 3.8) is 0 Å². The summed E-state index contributed by atoms with van der Waals surface area (Å²) < 4.78 is 5.34. The zero-order valence-corrected chi connectivity index (χ0v) is 14.2. The number of amides is 2. The fourth-order valence-electron chi connectivity index (χ4n) is 2.38. The molecular formula is C19H22N2O3. The molecule has 0 heterocycles.